The van der Waals surface area contributed by atoms with Crippen LogP contribution in [0.1, 0.15) is 42.4 Å². The van der Waals surface area contributed by atoms with Crippen molar-refractivity contribution in [2.45, 2.75) is 32.7 Å². The summed E-state index contributed by atoms with van der Waals surface area (Å²) in [5, 5.41) is 7.65. The molecule has 0 radical (unpaired) electrons. The minimum atomic E-state index is -0.253. The normalized spacial score (nSPS) is 11.5. The zero-order valence-corrected chi connectivity index (χ0v) is 15.3. The van der Waals surface area contributed by atoms with Gasteiger partial charge in [-0.15, -0.1) is 0 Å². The van der Waals surface area contributed by atoms with Gasteiger partial charge in [-0.3, -0.25) is 4.79 Å². The van der Waals surface area contributed by atoms with Crippen molar-refractivity contribution in [3.63, 3.8) is 0 Å². The number of nitrogens with zero attached hydrogens (tertiary/aromatic N) is 2. The van der Waals surface area contributed by atoms with E-state index >= 15 is 0 Å². The first-order chi connectivity index (χ1) is 11.8. The Hall–Kier alpha value is -2.53. The van der Waals surface area contributed by atoms with Crippen molar-refractivity contribution in [3.8, 4) is 0 Å². The average molecular weight is 357 g/mol. The van der Waals surface area contributed by atoms with Crippen LogP contribution in [0.2, 0.25) is 5.02 Å². The molecule has 3 rings (SSSR count). The Kier molecular flexibility index (Phi) is 4.68. The van der Waals surface area contributed by atoms with Crippen molar-refractivity contribution >= 4 is 23.3 Å². The molecule has 0 saturated carbocycles. The molecule has 1 aromatic carbocycles. The van der Waals surface area contributed by atoms with E-state index in [9.17, 15) is 4.79 Å². The molecule has 2 N–H and O–H groups in total. The van der Waals surface area contributed by atoms with Crippen molar-refractivity contribution in [3.05, 3.63) is 70.6 Å². The highest BCUT2D eigenvalue weighted by molar-refractivity contribution is 6.31. The molecule has 0 spiro atoms. The molecule has 2 aromatic heterocycles. The Bertz CT molecular complexity index is 871. The minimum Gasteiger partial charge on any atom is -0.356 e. The molecule has 0 fully saturated rings. The highest BCUT2D eigenvalue weighted by Crippen LogP contribution is 2.22. The number of carbonyl (C=O) groups is 1. The van der Waals surface area contributed by atoms with Crippen LogP contribution in [-0.2, 0) is 12.0 Å². The lowest BCUT2D eigenvalue weighted by molar-refractivity contribution is 0.102. The Morgan fingerprint density at radius 2 is 1.96 bits per heavy atom. The second-order valence-corrected chi connectivity index (χ2v) is 7.44. The quantitative estimate of drug-likeness (QED) is 0.724. The molecule has 0 saturated heterocycles. The zero-order valence-electron chi connectivity index (χ0n) is 14.5. The molecule has 5 nitrogen and oxygen atoms in total. The first kappa shape index (κ1) is 17.3. The van der Waals surface area contributed by atoms with Crippen molar-refractivity contribution in [2.24, 2.45) is 0 Å². The summed E-state index contributed by atoms with van der Waals surface area (Å²) >= 11 is 5.84. The number of halogens is 1. The summed E-state index contributed by atoms with van der Waals surface area (Å²) in [5.74, 6) is 0.382. The van der Waals surface area contributed by atoms with Crippen LogP contribution in [0.15, 0.2) is 48.8 Å². The number of benzene rings is 1. The lowest BCUT2D eigenvalue weighted by Crippen LogP contribution is -2.16. The number of anilines is 1. The van der Waals surface area contributed by atoms with E-state index in [2.05, 4.69) is 60.4 Å². The van der Waals surface area contributed by atoms with Crippen molar-refractivity contribution in [1.82, 2.24) is 14.8 Å². The maximum Gasteiger partial charge on any atom is 0.273 e. The third-order valence-electron chi connectivity index (χ3n) is 4.00. The smallest absolute Gasteiger partial charge is 0.273 e. The Balaban J connectivity index is 1.72. The van der Waals surface area contributed by atoms with Crippen LogP contribution >= 0.6 is 11.6 Å². The van der Waals surface area contributed by atoms with Crippen molar-refractivity contribution < 1.29 is 4.79 Å². The molecule has 25 heavy (non-hydrogen) atoms. The molecule has 0 unspecified atom stereocenters. The number of H-pyrrole nitrogens is 1. The molecular formula is C19H21ClN4O. The van der Waals surface area contributed by atoms with E-state index in [-0.39, 0.29) is 11.3 Å². The van der Waals surface area contributed by atoms with E-state index in [4.69, 9.17) is 11.6 Å². The maximum absolute atomic E-state index is 12.2. The summed E-state index contributed by atoms with van der Waals surface area (Å²) in [6.07, 6.45) is 3.24. The van der Waals surface area contributed by atoms with Crippen LogP contribution in [0.25, 0.3) is 0 Å². The third kappa shape index (κ3) is 4.12. The van der Waals surface area contributed by atoms with E-state index in [1.54, 1.807) is 29.2 Å². The van der Waals surface area contributed by atoms with Gasteiger partial charge in [-0.1, -0.05) is 56.6 Å². The second-order valence-electron chi connectivity index (χ2n) is 7.01. The molecule has 0 aliphatic heterocycles. The summed E-state index contributed by atoms with van der Waals surface area (Å²) in [6, 6.07) is 11.8. The molecule has 130 valence electrons. The number of hydrogen-bond acceptors (Lipinski definition) is 2. The number of hydrogen-bond donors (Lipinski definition) is 2. The predicted molar refractivity (Wildman–Crippen MR) is 100 cm³/mol. The van der Waals surface area contributed by atoms with Gasteiger partial charge in [-0.2, -0.15) is 5.10 Å². The fourth-order valence-electron chi connectivity index (χ4n) is 2.53. The summed E-state index contributed by atoms with van der Waals surface area (Å²) < 4.78 is 1.76. The Morgan fingerprint density at radius 1 is 1.24 bits per heavy atom. The molecule has 0 aliphatic rings. The SMILES string of the molecule is CC(C)(C)c1ccc(Cn2nccc2NC(=O)c2cc(Cl)c[nH]2)cc1. The summed E-state index contributed by atoms with van der Waals surface area (Å²) in [6.45, 7) is 7.15. The van der Waals surface area contributed by atoms with E-state index < -0.39 is 0 Å². The van der Waals surface area contributed by atoms with Crippen LogP contribution in [0.3, 0.4) is 0 Å². The van der Waals surface area contributed by atoms with Gasteiger partial charge in [0.15, 0.2) is 0 Å². The third-order valence-corrected chi connectivity index (χ3v) is 4.22. The topological polar surface area (TPSA) is 62.7 Å². The highest BCUT2D eigenvalue weighted by Gasteiger charge is 2.14. The van der Waals surface area contributed by atoms with Crippen molar-refractivity contribution in [1.29, 1.82) is 0 Å². The Labute approximate surface area is 152 Å². The largest absolute Gasteiger partial charge is 0.356 e. The van der Waals surface area contributed by atoms with Gasteiger partial charge >= 0.3 is 0 Å². The van der Waals surface area contributed by atoms with Crippen molar-refractivity contribution in [2.75, 3.05) is 5.32 Å². The monoisotopic (exact) mass is 356 g/mol. The predicted octanol–water partition coefficient (Wildman–Crippen LogP) is 4.46. The van der Waals surface area contributed by atoms with Crippen LogP contribution in [-0.4, -0.2) is 20.7 Å². The molecule has 3 aromatic rings. The van der Waals surface area contributed by atoms with Gasteiger partial charge in [-0.25, -0.2) is 4.68 Å². The van der Waals surface area contributed by atoms with Crippen LogP contribution in [0.5, 0.6) is 0 Å². The lowest BCUT2D eigenvalue weighted by Gasteiger charge is -2.19. The number of aromatic nitrogens is 3. The molecule has 0 atom stereocenters. The fraction of sp³-hybridized carbons (Fsp3) is 0.263. The molecule has 0 aliphatic carbocycles. The van der Waals surface area contributed by atoms with Gasteiger partial charge in [-0.05, 0) is 22.6 Å². The summed E-state index contributed by atoms with van der Waals surface area (Å²) in [5.41, 5.74) is 2.94. The zero-order chi connectivity index (χ0) is 18.0. The number of carbonyl (C=O) groups excluding carboxylic acids is 1. The van der Waals surface area contributed by atoms with Crippen LogP contribution in [0.4, 0.5) is 5.82 Å². The highest BCUT2D eigenvalue weighted by atomic mass is 35.5. The molecular weight excluding hydrogens is 336 g/mol. The number of amides is 1. The van der Waals surface area contributed by atoms with Crippen LogP contribution in [0, 0.1) is 0 Å². The van der Waals surface area contributed by atoms with Gasteiger partial charge in [0.2, 0.25) is 0 Å². The van der Waals surface area contributed by atoms with E-state index in [0.29, 0.717) is 23.1 Å². The summed E-state index contributed by atoms with van der Waals surface area (Å²) in [4.78, 5) is 15.1. The van der Waals surface area contributed by atoms with Gasteiger partial charge in [0.1, 0.15) is 11.5 Å². The summed E-state index contributed by atoms with van der Waals surface area (Å²) in [7, 11) is 0. The van der Waals surface area contributed by atoms with Gasteiger partial charge in [0.05, 0.1) is 17.8 Å². The van der Waals surface area contributed by atoms with E-state index in [1.165, 1.54) is 5.56 Å². The van der Waals surface area contributed by atoms with Crippen LogP contribution < -0.4 is 5.32 Å². The van der Waals surface area contributed by atoms with Gasteiger partial charge in [0, 0.05) is 12.3 Å². The van der Waals surface area contributed by atoms with E-state index in [0.717, 1.165) is 5.56 Å². The molecule has 0 bridgehead atoms. The molecule has 2 heterocycles. The fourth-order valence-corrected chi connectivity index (χ4v) is 2.69. The molecule has 1 amide bonds. The second kappa shape index (κ2) is 6.76. The number of rotatable bonds is 4. The number of aromatic amines is 1. The van der Waals surface area contributed by atoms with Gasteiger partial charge < -0.3 is 10.3 Å². The van der Waals surface area contributed by atoms with E-state index in [1.807, 2.05) is 0 Å². The number of nitrogens with one attached hydrogen (secondary N) is 2. The van der Waals surface area contributed by atoms with Gasteiger partial charge in [0.25, 0.3) is 5.91 Å². The first-order valence-electron chi connectivity index (χ1n) is 8.09. The first-order valence-corrected chi connectivity index (χ1v) is 8.47. The molecule has 6 heteroatoms. The maximum atomic E-state index is 12.2. The average Bonchev–Trinajstić information content (AvgIpc) is 3.16. The standard InChI is InChI=1S/C19H21ClN4O/c1-19(2,3)14-6-4-13(5-7-14)12-24-17(8-9-22-24)23-18(25)16-10-15(20)11-21-16/h4-11,21H,12H2,1-3H3,(H,23,25). The minimum absolute atomic E-state index is 0.126. The Morgan fingerprint density at radius 3 is 2.56 bits per heavy atom. The lowest BCUT2D eigenvalue weighted by atomic mass is 9.87.